The Morgan fingerprint density at radius 2 is 2.31 bits per heavy atom. The fraction of sp³-hybridized carbons (Fsp3) is 0.222. The minimum Gasteiger partial charge on any atom is -0.355 e. The standard InChI is InChI=1S/C9H9BrN2O/c10-9-7-2-1-6(3-4-11)5-8(7)13-12-9/h1-2,5H,3-4,11H2. The molecule has 0 radical (unpaired) electrons. The van der Waals surface area contributed by atoms with E-state index >= 15 is 0 Å². The van der Waals surface area contributed by atoms with Crippen molar-refractivity contribution in [1.82, 2.24) is 5.16 Å². The van der Waals surface area contributed by atoms with Crippen LogP contribution < -0.4 is 5.73 Å². The van der Waals surface area contributed by atoms with E-state index in [0.29, 0.717) is 6.54 Å². The number of nitrogens with zero attached hydrogens (tertiary/aromatic N) is 1. The van der Waals surface area contributed by atoms with Gasteiger partial charge in [-0.2, -0.15) is 0 Å². The van der Waals surface area contributed by atoms with E-state index in [2.05, 4.69) is 21.1 Å². The summed E-state index contributed by atoms with van der Waals surface area (Å²) in [5, 5.41) is 4.81. The number of rotatable bonds is 2. The number of hydrogen-bond donors (Lipinski definition) is 1. The molecule has 1 heterocycles. The predicted octanol–water partition coefficient (Wildman–Crippen LogP) is 2.09. The van der Waals surface area contributed by atoms with Gasteiger partial charge in [0.2, 0.25) is 0 Å². The number of aromatic nitrogens is 1. The fourth-order valence-electron chi connectivity index (χ4n) is 1.27. The molecule has 2 rings (SSSR count). The Balaban J connectivity index is 2.50. The topological polar surface area (TPSA) is 52.0 Å². The molecule has 0 amide bonds. The van der Waals surface area contributed by atoms with Gasteiger partial charge in [-0.1, -0.05) is 11.2 Å². The third-order valence-electron chi connectivity index (χ3n) is 1.93. The smallest absolute Gasteiger partial charge is 0.168 e. The number of hydrogen-bond acceptors (Lipinski definition) is 3. The predicted molar refractivity (Wildman–Crippen MR) is 54.5 cm³/mol. The summed E-state index contributed by atoms with van der Waals surface area (Å²) in [7, 11) is 0. The van der Waals surface area contributed by atoms with Crippen LogP contribution in [0.25, 0.3) is 11.0 Å². The van der Waals surface area contributed by atoms with Crippen LogP contribution in [0.3, 0.4) is 0 Å². The first kappa shape index (κ1) is 8.72. The maximum atomic E-state index is 5.45. The minimum atomic E-state index is 0.654. The summed E-state index contributed by atoms with van der Waals surface area (Å²) >= 11 is 3.30. The monoisotopic (exact) mass is 240 g/mol. The second kappa shape index (κ2) is 3.47. The average molecular weight is 241 g/mol. The number of halogens is 1. The van der Waals surface area contributed by atoms with Crippen LogP contribution in [-0.2, 0) is 6.42 Å². The van der Waals surface area contributed by atoms with Crippen molar-refractivity contribution in [3.63, 3.8) is 0 Å². The summed E-state index contributed by atoms with van der Waals surface area (Å²) in [4.78, 5) is 0. The van der Waals surface area contributed by atoms with Crippen LogP contribution in [0.2, 0.25) is 0 Å². The molecule has 0 spiro atoms. The van der Waals surface area contributed by atoms with Crippen LogP contribution >= 0.6 is 15.9 Å². The lowest BCUT2D eigenvalue weighted by molar-refractivity contribution is 0.451. The number of nitrogens with two attached hydrogens (primary N) is 1. The van der Waals surface area contributed by atoms with Gasteiger partial charge in [-0.15, -0.1) is 0 Å². The molecule has 0 bridgehead atoms. The summed E-state index contributed by atoms with van der Waals surface area (Å²) in [6.45, 7) is 0.654. The Morgan fingerprint density at radius 1 is 1.46 bits per heavy atom. The normalized spacial score (nSPS) is 10.9. The number of benzene rings is 1. The van der Waals surface area contributed by atoms with E-state index < -0.39 is 0 Å². The van der Waals surface area contributed by atoms with Crippen LogP contribution in [0.4, 0.5) is 0 Å². The Labute approximate surface area is 84.0 Å². The molecule has 0 saturated heterocycles. The Hall–Kier alpha value is -0.870. The zero-order chi connectivity index (χ0) is 9.26. The molecule has 0 unspecified atom stereocenters. The molecule has 13 heavy (non-hydrogen) atoms. The zero-order valence-electron chi connectivity index (χ0n) is 6.96. The van der Waals surface area contributed by atoms with Crippen molar-refractivity contribution >= 4 is 26.9 Å². The van der Waals surface area contributed by atoms with E-state index in [1.807, 2.05) is 18.2 Å². The van der Waals surface area contributed by atoms with Gasteiger partial charge in [0.1, 0.15) is 0 Å². The second-order valence-corrected chi connectivity index (χ2v) is 3.59. The van der Waals surface area contributed by atoms with Gasteiger partial charge in [0.25, 0.3) is 0 Å². The Bertz CT molecular complexity index is 424. The second-order valence-electron chi connectivity index (χ2n) is 2.84. The van der Waals surface area contributed by atoms with Gasteiger partial charge in [-0.3, -0.25) is 0 Å². The highest BCUT2D eigenvalue weighted by Crippen LogP contribution is 2.23. The molecule has 2 N–H and O–H groups in total. The molecule has 0 aliphatic rings. The van der Waals surface area contributed by atoms with Gasteiger partial charge < -0.3 is 10.3 Å². The van der Waals surface area contributed by atoms with Crippen molar-refractivity contribution in [2.24, 2.45) is 5.73 Å². The summed E-state index contributed by atoms with van der Waals surface area (Å²) in [6, 6.07) is 6.00. The average Bonchev–Trinajstić information content (AvgIpc) is 2.48. The molecule has 1 aromatic carbocycles. The number of fused-ring (bicyclic) bond motifs is 1. The molecule has 1 aromatic heterocycles. The third-order valence-corrected chi connectivity index (χ3v) is 2.50. The lowest BCUT2D eigenvalue weighted by Crippen LogP contribution is -2.02. The summed E-state index contributed by atoms with van der Waals surface area (Å²) in [6.07, 6.45) is 0.869. The van der Waals surface area contributed by atoms with Gasteiger partial charge in [0.05, 0.1) is 5.39 Å². The first-order valence-electron chi connectivity index (χ1n) is 4.05. The van der Waals surface area contributed by atoms with Crippen molar-refractivity contribution in [3.05, 3.63) is 28.4 Å². The van der Waals surface area contributed by atoms with Gasteiger partial charge in [0, 0.05) is 0 Å². The highest BCUT2D eigenvalue weighted by Gasteiger charge is 2.04. The van der Waals surface area contributed by atoms with Crippen molar-refractivity contribution in [3.8, 4) is 0 Å². The molecule has 0 atom stereocenters. The molecule has 3 nitrogen and oxygen atoms in total. The quantitative estimate of drug-likeness (QED) is 0.875. The molecule has 0 aliphatic heterocycles. The lowest BCUT2D eigenvalue weighted by Gasteiger charge is -1.96. The first-order valence-corrected chi connectivity index (χ1v) is 4.84. The van der Waals surface area contributed by atoms with E-state index in [1.54, 1.807) is 0 Å². The van der Waals surface area contributed by atoms with Crippen LogP contribution in [0.1, 0.15) is 5.56 Å². The van der Waals surface area contributed by atoms with Crippen LogP contribution in [0.5, 0.6) is 0 Å². The van der Waals surface area contributed by atoms with Crippen molar-refractivity contribution in [1.29, 1.82) is 0 Å². The largest absolute Gasteiger partial charge is 0.355 e. The maximum Gasteiger partial charge on any atom is 0.168 e. The molecular weight excluding hydrogens is 232 g/mol. The molecule has 0 fully saturated rings. The summed E-state index contributed by atoms with van der Waals surface area (Å²) < 4.78 is 5.85. The fourth-order valence-corrected chi connectivity index (χ4v) is 1.67. The Kier molecular flexibility index (Phi) is 2.33. The molecule has 4 heteroatoms. The molecule has 2 aromatic rings. The third kappa shape index (κ3) is 1.59. The van der Waals surface area contributed by atoms with Crippen molar-refractivity contribution in [2.75, 3.05) is 6.54 Å². The SMILES string of the molecule is NCCc1ccc2c(Br)noc2c1. The van der Waals surface area contributed by atoms with E-state index in [1.165, 1.54) is 5.56 Å². The van der Waals surface area contributed by atoms with E-state index in [0.717, 1.165) is 22.0 Å². The highest BCUT2D eigenvalue weighted by atomic mass is 79.9. The maximum absolute atomic E-state index is 5.45. The lowest BCUT2D eigenvalue weighted by atomic mass is 10.1. The Morgan fingerprint density at radius 3 is 3.08 bits per heavy atom. The van der Waals surface area contributed by atoms with Crippen LogP contribution in [0, 0.1) is 0 Å². The van der Waals surface area contributed by atoms with E-state index in [-0.39, 0.29) is 0 Å². The van der Waals surface area contributed by atoms with E-state index in [4.69, 9.17) is 10.3 Å². The van der Waals surface area contributed by atoms with Crippen molar-refractivity contribution in [2.45, 2.75) is 6.42 Å². The van der Waals surface area contributed by atoms with Crippen LogP contribution in [-0.4, -0.2) is 11.7 Å². The molecule has 68 valence electrons. The highest BCUT2D eigenvalue weighted by molar-refractivity contribution is 9.10. The van der Waals surface area contributed by atoms with Gasteiger partial charge >= 0.3 is 0 Å². The minimum absolute atomic E-state index is 0.654. The zero-order valence-corrected chi connectivity index (χ0v) is 8.54. The van der Waals surface area contributed by atoms with Crippen molar-refractivity contribution < 1.29 is 4.52 Å². The van der Waals surface area contributed by atoms with E-state index in [9.17, 15) is 0 Å². The summed E-state index contributed by atoms with van der Waals surface area (Å²) in [5.41, 5.74) is 7.44. The van der Waals surface area contributed by atoms with Crippen LogP contribution in [0.15, 0.2) is 27.3 Å². The van der Waals surface area contributed by atoms with Gasteiger partial charge in [-0.05, 0) is 46.6 Å². The van der Waals surface area contributed by atoms with Gasteiger partial charge in [0.15, 0.2) is 10.2 Å². The molecule has 0 aliphatic carbocycles. The molecule has 0 saturated carbocycles. The summed E-state index contributed by atoms with van der Waals surface area (Å²) in [5.74, 6) is 0. The first-order chi connectivity index (χ1) is 6.31. The van der Waals surface area contributed by atoms with Gasteiger partial charge in [-0.25, -0.2) is 0 Å². The molecular formula is C9H9BrN2O.